The monoisotopic (exact) mass is 286 g/mol. The molecule has 1 unspecified atom stereocenters. The Labute approximate surface area is 115 Å². The smallest absolute Gasteiger partial charge is 0.273 e. The highest BCUT2D eigenvalue weighted by Crippen LogP contribution is 2.24. The fourth-order valence-electron chi connectivity index (χ4n) is 1.46. The standard InChI is InChI=1S/C12H15ClN2O4/c1-8(13)5-6-14-12(16)10-4-3-9(15(17)18)7-11(10)19-2/h3-4,7-8H,5-6H2,1-2H3,(H,14,16). The van der Waals surface area contributed by atoms with Gasteiger partial charge in [0.25, 0.3) is 11.6 Å². The molecule has 0 aliphatic carbocycles. The lowest BCUT2D eigenvalue weighted by Crippen LogP contribution is -2.26. The number of carbonyl (C=O) groups is 1. The Morgan fingerprint density at radius 3 is 2.79 bits per heavy atom. The molecule has 0 aromatic heterocycles. The molecule has 0 aliphatic heterocycles. The second-order valence-electron chi connectivity index (χ2n) is 3.97. The van der Waals surface area contributed by atoms with Gasteiger partial charge in [-0.3, -0.25) is 14.9 Å². The summed E-state index contributed by atoms with van der Waals surface area (Å²) in [6.07, 6.45) is 0.641. The molecule has 104 valence electrons. The van der Waals surface area contributed by atoms with E-state index in [0.29, 0.717) is 13.0 Å². The minimum Gasteiger partial charge on any atom is -0.496 e. The maximum atomic E-state index is 11.9. The summed E-state index contributed by atoms with van der Waals surface area (Å²) in [5.41, 5.74) is 0.137. The highest BCUT2D eigenvalue weighted by atomic mass is 35.5. The zero-order valence-corrected chi connectivity index (χ0v) is 11.4. The fraction of sp³-hybridized carbons (Fsp3) is 0.417. The lowest BCUT2D eigenvalue weighted by atomic mass is 10.1. The molecule has 1 N–H and O–H groups in total. The molecule has 19 heavy (non-hydrogen) atoms. The Balaban J connectivity index is 2.82. The number of ether oxygens (including phenoxy) is 1. The van der Waals surface area contributed by atoms with Crippen molar-refractivity contribution in [1.82, 2.24) is 5.32 Å². The second-order valence-corrected chi connectivity index (χ2v) is 4.71. The molecule has 1 aromatic rings. The molecule has 0 saturated carbocycles. The predicted octanol–water partition coefficient (Wildman–Crippen LogP) is 2.35. The van der Waals surface area contributed by atoms with Crippen LogP contribution in [0.2, 0.25) is 0 Å². The van der Waals surface area contributed by atoms with Crippen LogP contribution < -0.4 is 10.1 Å². The molecule has 0 radical (unpaired) electrons. The number of rotatable bonds is 6. The van der Waals surface area contributed by atoms with Crippen molar-refractivity contribution in [2.24, 2.45) is 0 Å². The minimum absolute atomic E-state index is 0.0287. The lowest BCUT2D eigenvalue weighted by Gasteiger charge is -2.09. The molecular formula is C12H15ClN2O4. The number of non-ortho nitro benzene ring substituents is 1. The quantitative estimate of drug-likeness (QED) is 0.494. The van der Waals surface area contributed by atoms with E-state index in [4.69, 9.17) is 16.3 Å². The number of amides is 1. The van der Waals surface area contributed by atoms with E-state index < -0.39 is 4.92 Å². The summed E-state index contributed by atoms with van der Waals surface area (Å²) in [6, 6.07) is 3.86. The van der Waals surface area contributed by atoms with Crippen molar-refractivity contribution in [1.29, 1.82) is 0 Å². The Hall–Kier alpha value is -1.82. The fourth-order valence-corrected chi connectivity index (χ4v) is 1.57. The van der Waals surface area contributed by atoms with Crippen molar-refractivity contribution in [2.45, 2.75) is 18.7 Å². The van der Waals surface area contributed by atoms with Crippen LogP contribution in [0.25, 0.3) is 0 Å². The predicted molar refractivity (Wildman–Crippen MR) is 71.9 cm³/mol. The van der Waals surface area contributed by atoms with Gasteiger partial charge in [-0.25, -0.2) is 0 Å². The van der Waals surface area contributed by atoms with E-state index in [1.165, 1.54) is 25.3 Å². The van der Waals surface area contributed by atoms with Crippen LogP contribution >= 0.6 is 11.6 Å². The van der Waals surface area contributed by atoms with Gasteiger partial charge in [-0.15, -0.1) is 11.6 Å². The normalized spacial score (nSPS) is 11.7. The van der Waals surface area contributed by atoms with Crippen molar-refractivity contribution < 1.29 is 14.5 Å². The topological polar surface area (TPSA) is 81.5 Å². The van der Waals surface area contributed by atoms with Crippen LogP contribution in [0, 0.1) is 10.1 Å². The highest BCUT2D eigenvalue weighted by molar-refractivity contribution is 6.20. The van der Waals surface area contributed by atoms with Crippen LogP contribution in [-0.4, -0.2) is 29.9 Å². The lowest BCUT2D eigenvalue weighted by molar-refractivity contribution is -0.384. The van der Waals surface area contributed by atoms with Gasteiger partial charge in [0.15, 0.2) is 0 Å². The van der Waals surface area contributed by atoms with E-state index in [1.54, 1.807) is 0 Å². The summed E-state index contributed by atoms with van der Waals surface area (Å²) < 4.78 is 4.99. The molecule has 1 amide bonds. The minimum atomic E-state index is -0.542. The Morgan fingerprint density at radius 2 is 2.26 bits per heavy atom. The summed E-state index contributed by atoms with van der Waals surface area (Å²) in [6.45, 7) is 2.27. The number of halogens is 1. The van der Waals surface area contributed by atoms with E-state index in [9.17, 15) is 14.9 Å². The molecule has 1 atom stereocenters. The highest BCUT2D eigenvalue weighted by Gasteiger charge is 2.16. The molecule has 1 aromatic carbocycles. The van der Waals surface area contributed by atoms with Crippen molar-refractivity contribution in [2.75, 3.05) is 13.7 Å². The van der Waals surface area contributed by atoms with Crippen LogP contribution in [0.1, 0.15) is 23.7 Å². The maximum absolute atomic E-state index is 11.9. The van der Waals surface area contributed by atoms with Gasteiger partial charge in [-0.2, -0.15) is 0 Å². The number of nitrogens with zero attached hydrogens (tertiary/aromatic N) is 1. The van der Waals surface area contributed by atoms with Gasteiger partial charge in [0, 0.05) is 18.0 Å². The van der Waals surface area contributed by atoms with E-state index in [-0.39, 0.29) is 28.3 Å². The Kier molecular flexibility index (Phi) is 5.57. The maximum Gasteiger partial charge on any atom is 0.273 e. The van der Waals surface area contributed by atoms with Crippen LogP contribution in [0.5, 0.6) is 5.75 Å². The van der Waals surface area contributed by atoms with Crippen molar-refractivity contribution >= 4 is 23.2 Å². The third-order valence-corrected chi connectivity index (χ3v) is 2.69. The van der Waals surface area contributed by atoms with Crippen LogP contribution in [-0.2, 0) is 0 Å². The van der Waals surface area contributed by atoms with Gasteiger partial charge in [-0.1, -0.05) is 0 Å². The third kappa shape index (κ3) is 4.40. The van der Waals surface area contributed by atoms with Crippen molar-refractivity contribution in [3.8, 4) is 5.75 Å². The third-order valence-electron chi connectivity index (χ3n) is 2.47. The molecule has 0 bridgehead atoms. The van der Waals surface area contributed by atoms with E-state index in [2.05, 4.69) is 5.32 Å². The summed E-state index contributed by atoms with van der Waals surface area (Å²) in [5.74, 6) is -0.172. The largest absolute Gasteiger partial charge is 0.496 e. The molecule has 0 spiro atoms. The van der Waals surface area contributed by atoms with Crippen LogP contribution in [0.15, 0.2) is 18.2 Å². The van der Waals surface area contributed by atoms with Gasteiger partial charge in [0.2, 0.25) is 0 Å². The first-order valence-corrected chi connectivity index (χ1v) is 6.14. The van der Waals surface area contributed by atoms with Gasteiger partial charge < -0.3 is 10.1 Å². The van der Waals surface area contributed by atoms with E-state index >= 15 is 0 Å². The average molecular weight is 287 g/mol. The number of alkyl halides is 1. The Morgan fingerprint density at radius 1 is 1.58 bits per heavy atom. The molecule has 0 aliphatic rings. The van der Waals surface area contributed by atoms with E-state index in [0.717, 1.165) is 0 Å². The Bertz CT molecular complexity index is 477. The zero-order valence-electron chi connectivity index (χ0n) is 10.7. The number of nitro benzene ring substituents is 1. The molecular weight excluding hydrogens is 272 g/mol. The summed E-state index contributed by atoms with van der Waals surface area (Å²) >= 11 is 5.77. The molecule has 0 fully saturated rings. The van der Waals surface area contributed by atoms with Gasteiger partial charge in [-0.05, 0) is 19.4 Å². The summed E-state index contributed by atoms with van der Waals surface area (Å²) in [7, 11) is 1.36. The SMILES string of the molecule is COc1cc([N+](=O)[O-])ccc1C(=O)NCCC(C)Cl. The molecule has 7 heteroatoms. The first-order chi connectivity index (χ1) is 8.95. The second kappa shape index (κ2) is 6.94. The first kappa shape index (κ1) is 15.2. The number of nitro groups is 1. The van der Waals surface area contributed by atoms with Gasteiger partial charge in [0.05, 0.1) is 23.7 Å². The van der Waals surface area contributed by atoms with Gasteiger partial charge >= 0.3 is 0 Å². The summed E-state index contributed by atoms with van der Waals surface area (Å²) in [4.78, 5) is 22.0. The molecule has 0 heterocycles. The van der Waals surface area contributed by atoms with Crippen molar-refractivity contribution in [3.05, 3.63) is 33.9 Å². The zero-order chi connectivity index (χ0) is 14.4. The number of methoxy groups -OCH3 is 1. The summed E-state index contributed by atoms with van der Waals surface area (Å²) in [5, 5.41) is 13.3. The number of benzene rings is 1. The average Bonchev–Trinajstić information content (AvgIpc) is 2.37. The van der Waals surface area contributed by atoms with Gasteiger partial charge in [0.1, 0.15) is 5.75 Å². The molecule has 6 nitrogen and oxygen atoms in total. The van der Waals surface area contributed by atoms with Crippen LogP contribution in [0.3, 0.4) is 0 Å². The van der Waals surface area contributed by atoms with Crippen LogP contribution in [0.4, 0.5) is 5.69 Å². The number of carbonyl (C=O) groups excluding carboxylic acids is 1. The van der Waals surface area contributed by atoms with Crippen molar-refractivity contribution in [3.63, 3.8) is 0 Å². The first-order valence-electron chi connectivity index (χ1n) is 5.70. The number of hydrogen-bond donors (Lipinski definition) is 1. The molecule has 1 rings (SSSR count). The van der Waals surface area contributed by atoms with E-state index in [1.807, 2.05) is 6.92 Å². The number of nitrogens with one attached hydrogen (secondary N) is 1. The molecule has 0 saturated heterocycles. The number of hydrogen-bond acceptors (Lipinski definition) is 4.